The minimum absolute atomic E-state index is 1.02. The molecule has 3 saturated carbocycles. The maximum atomic E-state index is 2.68. The summed E-state index contributed by atoms with van der Waals surface area (Å²) in [5, 5.41) is 0. The van der Waals surface area contributed by atoms with Crippen molar-refractivity contribution < 1.29 is 0 Å². The van der Waals surface area contributed by atoms with Crippen molar-refractivity contribution in [1.82, 2.24) is 0 Å². The van der Waals surface area contributed by atoms with Crippen LogP contribution in [-0.4, -0.2) is 0 Å². The molecule has 0 aromatic carbocycles. The fourth-order valence-electron chi connectivity index (χ4n) is 4.70. The summed E-state index contributed by atoms with van der Waals surface area (Å²) in [6.45, 7) is 0. The van der Waals surface area contributed by atoms with Crippen molar-refractivity contribution in [2.45, 2.75) is 70.6 Å². The molecule has 3 aliphatic rings. The molecule has 0 heteroatoms. The monoisotopic (exact) mass is 219 g/mol. The van der Waals surface area contributed by atoms with E-state index in [0.717, 1.165) is 23.7 Å². The van der Waals surface area contributed by atoms with Crippen molar-refractivity contribution in [2.75, 3.05) is 0 Å². The van der Waals surface area contributed by atoms with Crippen LogP contribution in [0.25, 0.3) is 0 Å². The average Bonchev–Trinajstić information content (AvgIpc) is 2.29. The van der Waals surface area contributed by atoms with Crippen LogP contribution in [0.5, 0.6) is 0 Å². The van der Waals surface area contributed by atoms with E-state index in [-0.39, 0.29) is 0 Å². The zero-order valence-corrected chi connectivity index (χ0v) is 10.7. The van der Waals surface area contributed by atoms with Crippen molar-refractivity contribution in [2.24, 2.45) is 23.7 Å². The third-order valence-electron chi connectivity index (χ3n) is 5.60. The van der Waals surface area contributed by atoms with Crippen LogP contribution >= 0.6 is 0 Å². The molecule has 0 spiro atoms. The van der Waals surface area contributed by atoms with Gasteiger partial charge in [0.2, 0.25) is 0 Å². The largest absolute Gasteiger partial charge is 0.0533 e. The Hall–Kier alpha value is 0. The lowest BCUT2D eigenvalue weighted by Gasteiger charge is -2.44. The Morgan fingerprint density at radius 3 is 2.12 bits per heavy atom. The molecule has 3 aliphatic carbocycles. The minimum Gasteiger partial charge on any atom is -0.0533 e. The summed E-state index contributed by atoms with van der Waals surface area (Å²) in [4.78, 5) is 0. The van der Waals surface area contributed by atoms with E-state index in [4.69, 9.17) is 0 Å². The predicted molar refractivity (Wildman–Crippen MR) is 69.0 cm³/mol. The molecule has 0 N–H and O–H groups in total. The Kier molecular flexibility index (Phi) is 3.54. The van der Waals surface area contributed by atoms with Gasteiger partial charge in [-0.25, -0.2) is 0 Å². The molecule has 3 fully saturated rings. The molecule has 0 nitrogen and oxygen atoms in total. The van der Waals surface area contributed by atoms with Crippen molar-refractivity contribution in [3.63, 3.8) is 0 Å². The molecule has 4 atom stereocenters. The third-order valence-corrected chi connectivity index (χ3v) is 5.60. The Balaban J connectivity index is 1.65. The highest BCUT2D eigenvalue weighted by Crippen LogP contribution is 2.48. The van der Waals surface area contributed by atoms with Crippen LogP contribution in [0.15, 0.2) is 0 Å². The summed E-state index contributed by atoms with van der Waals surface area (Å²) < 4.78 is 0. The van der Waals surface area contributed by atoms with Gasteiger partial charge in [-0.3, -0.25) is 0 Å². The molecular formula is C16H27. The molecule has 0 heterocycles. The average molecular weight is 219 g/mol. The fraction of sp³-hybridized carbons (Fsp3) is 0.938. The van der Waals surface area contributed by atoms with Crippen molar-refractivity contribution in [1.29, 1.82) is 0 Å². The van der Waals surface area contributed by atoms with Crippen LogP contribution in [0.2, 0.25) is 0 Å². The maximum absolute atomic E-state index is 2.68. The highest BCUT2D eigenvalue weighted by Gasteiger charge is 2.37. The summed E-state index contributed by atoms with van der Waals surface area (Å²) in [5.74, 6) is 4.34. The molecule has 91 valence electrons. The number of hydrogen-bond donors (Lipinski definition) is 0. The van der Waals surface area contributed by atoms with Gasteiger partial charge in [-0.1, -0.05) is 51.4 Å². The van der Waals surface area contributed by atoms with Crippen LogP contribution in [0.4, 0.5) is 0 Å². The Bertz CT molecular complexity index is 196. The highest BCUT2D eigenvalue weighted by atomic mass is 14.4. The smallest absolute Gasteiger partial charge is 0.0352 e. The topological polar surface area (TPSA) is 0 Å². The minimum atomic E-state index is 1.02. The van der Waals surface area contributed by atoms with E-state index in [2.05, 4.69) is 6.42 Å². The maximum Gasteiger partial charge on any atom is -0.0352 e. The van der Waals surface area contributed by atoms with Gasteiger partial charge in [-0.05, 0) is 49.4 Å². The number of hydrogen-bond acceptors (Lipinski definition) is 0. The first-order chi connectivity index (χ1) is 7.93. The molecular weight excluding hydrogens is 192 g/mol. The molecule has 4 unspecified atom stereocenters. The number of rotatable bonds is 0. The molecule has 3 rings (SSSR count). The SMILES string of the molecule is [CH]1CCCC2CC3CCCCCCC3CC12. The molecule has 16 heavy (non-hydrogen) atoms. The van der Waals surface area contributed by atoms with Crippen LogP contribution in [0, 0.1) is 30.1 Å². The first kappa shape index (κ1) is 11.1. The van der Waals surface area contributed by atoms with Crippen LogP contribution in [0.1, 0.15) is 70.6 Å². The van der Waals surface area contributed by atoms with Gasteiger partial charge in [-0.15, -0.1) is 0 Å². The molecule has 0 aromatic rings. The molecule has 0 amide bonds. The first-order valence-corrected chi connectivity index (χ1v) is 7.77. The van der Waals surface area contributed by atoms with E-state index < -0.39 is 0 Å². The van der Waals surface area contributed by atoms with E-state index in [0.29, 0.717) is 0 Å². The summed E-state index contributed by atoms with van der Waals surface area (Å²) in [7, 11) is 0. The van der Waals surface area contributed by atoms with Crippen LogP contribution < -0.4 is 0 Å². The summed E-state index contributed by atoms with van der Waals surface area (Å²) in [6.07, 6.45) is 19.5. The van der Waals surface area contributed by atoms with Crippen molar-refractivity contribution in [3.05, 3.63) is 6.42 Å². The summed E-state index contributed by atoms with van der Waals surface area (Å²) in [5.41, 5.74) is 0. The van der Waals surface area contributed by atoms with Gasteiger partial charge in [0.05, 0.1) is 0 Å². The molecule has 1 radical (unpaired) electrons. The van der Waals surface area contributed by atoms with E-state index in [1.807, 2.05) is 0 Å². The second-order valence-corrected chi connectivity index (χ2v) is 6.57. The number of fused-ring (bicyclic) bond motifs is 2. The van der Waals surface area contributed by atoms with Gasteiger partial charge in [0.1, 0.15) is 0 Å². The second kappa shape index (κ2) is 5.10. The van der Waals surface area contributed by atoms with Gasteiger partial charge >= 0.3 is 0 Å². The quantitative estimate of drug-likeness (QED) is 0.538. The molecule has 0 aliphatic heterocycles. The lowest BCUT2D eigenvalue weighted by Crippen LogP contribution is -2.34. The van der Waals surface area contributed by atoms with Gasteiger partial charge < -0.3 is 0 Å². The van der Waals surface area contributed by atoms with Crippen LogP contribution in [0.3, 0.4) is 0 Å². The Morgan fingerprint density at radius 1 is 0.625 bits per heavy atom. The van der Waals surface area contributed by atoms with Crippen molar-refractivity contribution >= 4 is 0 Å². The predicted octanol–water partition coefficient (Wildman–Crippen LogP) is 4.99. The first-order valence-electron chi connectivity index (χ1n) is 7.77. The molecule has 0 saturated heterocycles. The van der Waals surface area contributed by atoms with E-state index in [1.54, 1.807) is 32.1 Å². The van der Waals surface area contributed by atoms with Crippen molar-refractivity contribution in [3.8, 4) is 0 Å². The summed E-state index contributed by atoms with van der Waals surface area (Å²) >= 11 is 0. The lowest BCUT2D eigenvalue weighted by molar-refractivity contribution is 0.0863. The standard InChI is InChI=1S/C16H27/c1-2-4-8-14-12-16-10-6-5-9-15(16)11-13(14)7-3-1/h9,13-16H,1-8,10-12H2. The van der Waals surface area contributed by atoms with Gasteiger partial charge in [0.15, 0.2) is 0 Å². The van der Waals surface area contributed by atoms with E-state index in [9.17, 15) is 0 Å². The zero-order chi connectivity index (χ0) is 10.8. The normalized spacial score (nSPS) is 45.0. The molecule has 0 bridgehead atoms. The van der Waals surface area contributed by atoms with Gasteiger partial charge in [-0.2, -0.15) is 0 Å². The van der Waals surface area contributed by atoms with E-state index in [1.165, 1.54) is 38.5 Å². The fourth-order valence-corrected chi connectivity index (χ4v) is 4.70. The summed E-state index contributed by atoms with van der Waals surface area (Å²) in [6, 6.07) is 0. The van der Waals surface area contributed by atoms with Crippen LogP contribution in [-0.2, 0) is 0 Å². The van der Waals surface area contributed by atoms with Gasteiger partial charge in [0.25, 0.3) is 0 Å². The Labute approximate surface area is 101 Å². The second-order valence-electron chi connectivity index (χ2n) is 6.57. The third kappa shape index (κ3) is 2.31. The molecule has 0 aromatic heterocycles. The highest BCUT2D eigenvalue weighted by molar-refractivity contribution is 4.95. The van der Waals surface area contributed by atoms with E-state index >= 15 is 0 Å². The van der Waals surface area contributed by atoms with Gasteiger partial charge in [0, 0.05) is 0 Å². The lowest BCUT2D eigenvalue weighted by atomic mass is 9.61. The zero-order valence-electron chi connectivity index (χ0n) is 10.7. The Morgan fingerprint density at radius 2 is 1.31 bits per heavy atom.